The van der Waals surface area contributed by atoms with E-state index in [1.165, 1.54) is 12.8 Å². The Morgan fingerprint density at radius 1 is 1.37 bits per heavy atom. The Balaban J connectivity index is 1.81. The first-order valence-corrected chi connectivity index (χ1v) is 7.49. The molecule has 0 aliphatic carbocycles. The zero-order chi connectivity index (χ0) is 13.4. The normalized spacial score (nSPS) is 28.0. The lowest BCUT2D eigenvalue weighted by Gasteiger charge is -2.26. The molecule has 3 rings (SSSR count). The molecule has 2 aliphatic heterocycles. The van der Waals surface area contributed by atoms with Gasteiger partial charge in [-0.3, -0.25) is 4.90 Å². The number of nitrogens with zero attached hydrogens (tertiary/aromatic N) is 4. The number of rotatable bonds is 3. The SMILES string of the molecule is CC(C)N1CCCC1c1nc2n(n1)CC(CO)CC2. The molecule has 2 aliphatic rings. The Morgan fingerprint density at radius 2 is 2.21 bits per heavy atom. The molecule has 1 fully saturated rings. The van der Waals surface area contributed by atoms with Crippen molar-refractivity contribution in [1.82, 2.24) is 19.7 Å². The molecule has 0 amide bonds. The number of aromatic nitrogens is 3. The molecule has 0 aromatic carbocycles. The average molecular weight is 264 g/mol. The fourth-order valence-electron chi connectivity index (χ4n) is 3.37. The molecule has 0 bridgehead atoms. The van der Waals surface area contributed by atoms with E-state index in [0.29, 0.717) is 18.0 Å². The summed E-state index contributed by atoms with van der Waals surface area (Å²) in [4.78, 5) is 7.27. The van der Waals surface area contributed by atoms with Gasteiger partial charge in [-0.1, -0.05) is 0 Å². The van der Waals surface area contributed by atoms with Crippen LogP contribution in [0, 0.1) is 5.92 Å². The number of likely N-dealkylation sites (tertiary alicyclic amines) is 1. The van der Waals surface area contributed by atoms with E-state index in [0.717, 1.165) is 37.6 Å². The van der Waals surface area contributed by atoms with Crippen molar-refractivity contribution in [3.63, 3.8) is 0 Å². The number of fused-ring (bicyclic) bond motifs is 1. The summed E-state index contributed by atoms with van der Waals surface area (Å²) < 4.78 is 2.02. The van der Waals surface area contributed by atoms with E-state index in [4.69, 9.17) is 10.1 Å². The van der Waals surface area contributed by atoms with Crippen LogP contribution in [0.1, 0.15) is 50.8 Å². The summed E-state index contributed by atoms with van der Waals surface area (Å²) in [6.45, 7) is 6.74. The fraction of sp³-hybridized carbons (Fsp3) is 0.857. The number of aryl methyl sites for hydroxylation is 1. The highest BCUT2D eigenvalue weighted by Crippen LogP contribution is 2.32. The predicted molar refractivity (Wildman–Crippen MR) is 72.7 cm³/mol. The largest absolute Gasteiger partial charge is 0.396 e. The van der Waals surface area contributed by atoms with Gasteiger partial charge in [0.1, 0.15) is 5.82 Å². The van der Waals surface area contributed by atoms with Gasteiger partial charge in [-0.25, -0.2) is 9.67 Å². The maximum Gasteiger partial charge on any atom is 0.168 e. The molecule has 1 aromatic heterocycles. The van der Waals surface area contributed by atoms with Crippen LogP contribution in [0.15, 0.2) is 0 Å². The molecule has 1 saturated heterocycles. The quantitative estimate of drug-likeness (QED) is 0.896. The van der Waals surface area contributed by atoms with E-state index in [-0.39, 0.29) is 6.61 Å². The second kappa shape index (κ2) is 5.21. The van der Waals surface area contributed by atoms with E-state index in [1.807, 2.05) is 4.68 Å². The topological polar surface area (TPSA) is 54.2 Å². The minimum atomic E-state index is 0.260. The first kappa shape index (κ1) is 13.1. The minimum Gasteiger partial charge on any atom is -0.396 e. The van der Waals surface area contributed by atoms with E-state index in [9.17, 15) is 5.11 Å². The summed E-state index contributed by atoms with van der Waals surface area (Å²) in [6.07, 6.45) is 4.40. The van der Waals surface area contributed by atoms with Gasteiger partial charge < -0.3 is 5.11 Å². The predicted octanol–water partition coefficient (Wildman–Crippen LogP) is 1.38. The molecular formula is C14H24N4O. The van der Waals surface area contributed by atoms with Crippen LogP contribution in [0.5, 0.6) is 0 Å². The highest BCUT2D eigenvalue weighted by Gasteiger charge is 2.32. The monoisotopic (exact) mass is 264 g/mol. The molecule has 1 aromatic rings. The molecular weight excluding hydrogens is 240 g/mol. The zero-order valence-corrected chi connectivity index (χ0v) is 11.9. The van der Waals surface area contributed by atoms with Gasteiger partial charge in [0.05, 0.1) is 6.04 Å². The Labute approximate surface area is 114 Å². The molecule has 106 valence electrons. The van der Waals surface area contributed by atoms with Gasteiger partial charge in [-0.2, -0.15) is 5.10 Å². The third-order valence-corrected chi connectivity index (χ3v) is 4.49. The van der Waals surface area contributed by atoms with Crippen molar-refractivity contribution < 1.29 is 5.11 Å². The molecule has 1 N–H and O–H groups in total. The smallest absolute Gasteiger partial charge is 0.168 e. The van der Waals surface area contributed by atoms with Crippen molar-refractivity contribution in [2.45, 2.75) is 58.2 Å². The summed E-state index contributed by atoms with van der Waals surface area (Å²) in [5.74, 6) is 2.46. The average Bonchev–Trinajstić information content (AvgIpc) is 3.03. The summed E-state index contributed by atoms with van der Waals surface area (Å²) in [5, 5.41) is 14.0. The first-order valence-electron chi connectivity index (χ1n) is 7.49. The second-order valence-electron chi connectivity index (χ2n) is 6.15. The number of aliphatic hydroxyl groups is 1. The number of aliphatic hydroxyl groups excluding tert-OH is 1. The number of hydrogen-bond acceptors (Lipinski definition) is 4. The number of hydrogen-bond donors (Lipinski definition) is 1. The highest BCUT2D eigenvalue weighted by atomic mass is 16.3. The van der Waals surface area contributed by atoms with Crippen molar-refractivity contribution in [3.8, 4) is 0 Å². The molecule has 5 nitrogen and oxygen atoms in total. The van der Waals surface area contributed by atoms with Crippen LogP contribution < -0.4 is 0 Å². The minimum absolute atomic E-state index is 0.260. The first-order chi connectivity index (χ1) is 9.19. The van der Waals surface area contributed by atoms with Crippen molar-refractivity contribution in [2.75, 3.05) is 13.2 Å². The molecule has 2 unspecified atom stereocenters. The lowest BCUT2D eigenvalue weighted by Crippen LogP contribution is -2.30. The van der Waals surface area contributed by atoms with Crippen molar-refractivity contribution >= 4 is 0 Å². The molecule has 0 saturated carbocycles. The van der Waals surface area contributed by atoms with E-state index < -0.39 is 0 Å². The fourth-order valence-corrected chi connectivity index (χ4v) is 3.37. The van der Waals surface area contributed by atoms with Crippen LogP contribution >= 0.6 is 0 Å². The lowest BCUT2D eigenvalue weighted by molar-refractivity contribution is 0.183. The Kier molecular flexibility index (Phi) is 3.58. The summed E-state index contributed by atoms with van der Waals surface area (Å²) in [7, 11) is 0. The van der Waals surface area contributed by atoms with Crippen LogP contribution in [0.25, 0.3) is 0 Å². The van der Waals surface area contributed by atoms with Gasteiger partial charge >= 0.3 is 0 Å². The third kappa shape index (κ3) is 2.41. The van der Waals surface area contributed by atoms with E-state index in [2.05, 4.69) is 18.7 Å². The van der Waals surface area contributed by atoms with Gasteiger partial charge in [0.2, 0.25) is 0 Å². The second-order valence-corrected chi connectivity index (χ2v) is 6.15. The summed E-state index contributed by atoms with van der Waals surface area (Å²) >= 11 is 0. The van der Waals surface area contributed by atoms with Gasteiger partial charge in [0, 0.05) is 31.5 Å². The van der Waals surface area contributed by atoms with Crippen LogP contribution in [-0.4, -0.2) is 44.0 Å². The van der Waals surface area contributed by atoms with Gasteiger partial charge in [0.25, 0.3) is 0 Å². The summed E-state index contributed by atoms with van der Waals surface area (Å²) in [5.41, 5.74) is 0. The maximum absolute atomic E-state index is 9.28. The Bertz CT molecular complexity index is 443. The highest BCUT2D eigenvalue weighted by molar-refractivity contribution is 5.04. The lowest BCUT2D eigenvalue weighted by atomic mass is 10.0. The van der Waals surface area contributed by atoms with Crippen LogP contribution in [-0.2, 0) is 13.0 Å². The third-order valence-electron chi connectivity index (χ3n) is 4.49. The molecule has 3 heterocycles. The van der Waals surface area contributed by atoms with Gasteiger partial charge in [-0.15, -0.1) is 0 Å². The molecule has 19 heavy (non-hydrogen) atoms. The van der Waals surface area contributed by atoms with Gasteiger partial charge in [-0.05, 0) is 39.7 Å². The molecule has 0 spiro atoms. The maximum atomic E-state index is 9.28. The van der Waals surface area contributed by atoms with E-state index >= 15 is 0 Å². The van der Waals surface area contributed by atoms with Crippen LogP contribution in [0.2, 0.25) is 0 Å². The van der Waals surface area contributed by atoms with Crippen LogP contribution in [0.3, 0.4) is 0 Å². The molecule has 5 heteroatoms. The Hall–Kier alpha value is -0.940. The molecule has 2 atom stereocenters. The Morgan fingerprint density at radius 3 is 2.95 bits per heavy atom. The molecule has 0 radical (unpaired) electrons. The van der Waals surface area contributed by atoms with Crippen LogP contribution in [0.4, 0.5) is 0 Å². The van der Waals surface area contributed by atoms with E-state index in [1.54, 1.807) is 0 Å². The summed E-state index contributed by atoms with van der Waals surface area (Å²) in [6, 6.07) is 0.948. The van der Waals surface area contributed by atoms with Crippen molar-refractivity contribution in [1.29, 1.82) is 0 Å². The van der Waals surface area contributed by atoms with Crippen molar-refractivity contribution in [2.24, 2.45) is 5.92 Å². The van der Waals surface area contributed by atoms with Crippen molar-refractivity contribution in [3.05, 3.63) is 11.6 Å². The zero-order valence-electron chi connectivity index (χ0n) is 11.9. The standard InChI is InChI=1S/C14H24N4O/c1-10(2)17-7-3-4-12(17)14-15-13-6-5-11(9-19)8-18(13)16-14/h10-12,19H,3-9H2,1-2H3. The van der Waals surface area contributed by atoms with Gasteiger partial charge in [0.15, 0.2) is 5.82 Å².